The van der Waals surface area contributed by atoms with E-state index in [0.29, 0.717) is 17.6 Å². The monoisotopic (exact) mass is 349 g/mol. The van der Waals surface area contributed by atoms with Gasteiger partial charge < -0.3 is 10.4 Å². The van der Waals surface area contributed by atoms with Crippen LogP contribution < -0.4 is 5.32 Å². The van der Waals surface area contributed by atoms with Gasteiger partial charge in [0.1, 0.15) is 0 Å². The fourth-order valence-corrected chi connectivity index (χ4v) is 3.92. The summed E-state index contributed by atoms with van der Waals surface area (Å²) in [6, 6.07) is 2.07. The van der Waals surface area contributed by atoms with E-state index in [2.05, 4.69) is 26.4 Å². The number of aliphatic hydroxyl groups excluding tert-OH is 1. The molecule has 2 N–H and O–H groups in total. The molecule has 1 fully saturated rings. The third-order valence-electron chi connectivity index (χ3n) is 4.29. The number of nitrogens with one attached hydrogen (secondary N) is 1. The lowest BCUT2D eigenvalue weighted by atomic mass is 9.93. The lowest BCUT2D eigenvalue weighted by Crippen LogP contribution is -2.33. The predicted molar refractivity (Wildman–Crippen MR) is 93.0 cm³/mol. The predicted octanol–water partition coefficient (Wildman–Crippen LogP) is 1.67. The van der Waals surface area contributed by atoms with Crippen LogP contribution in [0.2, 0.25) is 0 Å². The van der Waals surface area contributed by atoms with Crippen LogP contribution in [0.15, 0.2) is 17.6 Å². The van der Waals surface area contributed by atoms with Gasteiger partial charge in [0.15, 0.2) is 5.13 Å². The summed E-state index contributed by atoms with van der Waals surface area (Å²) in [7, 11) is 0. The molecular weight excluding hydrogens is 326 g/mol. The van der Waals surface area contributed by atoms with Crippen molar-refractivity contribution in [2.75, 3.05) is 25.0 Å². The number of hydrogen-bond donors (Lipinski definition) is 2. The fourth-order valence-electron chi connectivity index (χ4n) is 3.17. The molecule has 7 nitrogen and oxygen atoms in total. The Morgan fingerprint density at radius 1 is 1.46 bits per heavy atom. The highest BCUT2D eigenvalue weighted by Gasteiger charge is 2.23. The van der Waals surface area contributed by atoms with E-state index in [1.807, 2.05) is 16.3 Å². The molecule has 0 bridgehead atoms. The van der Waals surface area contributed by atoms with Crippen LogP contribution >= 0.6 is 11.3 Å². The number of piperidine rings is 1. The molecule has 8 heteroatoms. The second-order valence-electron chi connectivity index (χ2n) is 6.08. The van der Waals surface area contributed by atoms with Crippen LogP contribution in [0.4, 0.5) is 5.13 Å². The van der Waals surface area contributed by atoms with Gasteiger partial charge in [-0.15, -0.1) is 11.3 Å². The minimum atomic E-state index is -0.0868. The number of carbonyl (C=O) groups is 1. The highest BCUT2D eigenvalue weighted by molar-refractivity contribution is 7.13. The first-order chi connectivity index (χ1) is 11.7. The average molecular weight is 349 g/mol. The van der Waals surface area contributed by atoms with Crippen LogP contribution in [0.1, 0.15) is 37.1 Å². The summed E-state index contributed by atoms with van der Waals surface area (Å²) in [5.41, 5.74) is 2.23. The zero-order valence-corrected chi connectivity index (χ0v) is 14.6. The first-order valence-corrected chi connectivity index (χ1v) is 9.10. The molecule has 0 aliphatic carbocycles. The standard InChI is InChI=1S/C16H23N5O2S/c1-12(23)18-16-19-14(11-24-16)10-20-6-3-13(4-7-20)15-2-5-17-21(15)8-9-22/h2,5,11,13,22H,3-4,6-10H2,1H3,(H,18,19,23). The fraction of sp³-hybridized carbons (Fsp3) is 0.562. The highest BCUT2D eigenvalue weighted by atomic mass is 32.1. The number of carbonyl (C=O) groups excluding carboxylic acids is 1. The molecule has 2 aromatic heterocycles. The number of amides is 1. The Labute approximate surface area is 145 Å². The van der Waals surface area contributed by atoms with Crippen molar-refractivity contribution >= 4 is 22.4 Å². The number of anilines is 1. The Morgan fingerprint density at radius 3 is 2.96 bits per heavy atom. The number of aliphatic hydroxyl groups is 1. The van der Waals surface area contributed by atoms with Crippen molar-refractivity contribution in [3.63, 3.8) is 0 Å². The van der Waals surface area contributed by atoms with Gasteiger partial charge in [0.25, 0.3) is 0 Å². The topological polar surface area (TPSA) is 83.3 Å². The quantitative estimate of drug-likeness (QED) is 0.829. The average Bonchev–Trinajstić information content (AvgIpc) is 3.18. The van der Waals surface area contributed by atoms with E-state index in [4.69, 9.17) is 5.11 Å². The third-order valence-corrected chi connectivity index (χ3v) is 5.09. The third kappa shape index (κ3) is 4.19. The lowest BCUT2D eigenvalue weighted by molar-refractivity contribution is -0.114. The molecule has 130 valence electrons. The molecule has 1 saturated heterocycles. The van der Waals surface area contributed by atoms with E-state index in [1.54, 1.807) is 0 Å². The molecule has 0 unspecified atom stereocenters. The van der Waals surface area contributed by atoms with Crippen LogP contribution in [0.5, 0.6) is 0 Å². The van der Waals surface area contributed by atoms with Gasteiger partial charge in [-0.25, -0.2) is 4.98 Å². The van der Waals surface area contributed by atoms with E-state index in [1.165, 1.54) is 24.0 Å². The highest BCUT2D eigenvalue weighted by Crippen LogP contribution is 2.28. The van der Waals surface area contributed by atoms with Crippen LogP contribution in [0.25, 0.3) is 0 Å². The summed E-state index contributed by atoms with van der Waals surface area (Å²) < 4.78 is 1.92. The van der Waals surface area contributed by atoms with E-state index in [-0.39, 0.29) is 12.5 Å². The Morgan fingerprint density at radius 2 is 2.25 bits per heavy atom. The van der Waals surface area contributed by atoms with E-state index in [0.717, 1.165) is 38.2 Å². The zero-order valence-electron chi connectivity index (χ0n) is 13.8. The Balaban J connectivity index is 1.52. The van der Waals surface area contributed by atoms with Crippen molar-refractivity contribution in [3.8, 4) is 0 Å². The maximum Gasteiger partial charge on any atom is 0.223 e. The molecule has 2 aromatic rings. The van der Waals surface area contributed by atoms with Crippen molar-refractivity contribution in [1.29, 1.82) is 0 Å². The molecule has 0 spiro atoms. The second-order valence-corrected chi connectivity index (χ2v) is 6.94. The molecule has 0 radical (unpaired) electrons. The molecule has 1 amide bonds. The number of thiazole rings is 1. The molecule has 1 aliphatic heterocycles. The van der Waals surface area contributed by atoms with Gasteiger partial charge in [0.05, 0.1) is 18.8 Å². The van der Waals surface area contributed by atoms with Crippen molar-refractivity contribution in [1.82, 2.24) is 19.7 Å². The molecule has 0 atom stereocenters. The zero-order chi connectivity index (χ0) is 16.9. The Hall–Kier alpha value is -1.77. The molecular formula is C16H23N5O2S. The van der Waals surface area contributed by atoms with Gasteiger partial charge in [-0.2, -0.15) is 5.10 Å². The summed E-state index contributed by atoms with van der Waals surface area (Å²) in [5.74, 6) is 0.414. The van der Waals surface area contributed by atoms with Crippen molar-refractivity contribution in [2.24, 2.45) is 0 Å². The van der Waals surface area contributed by atoms with Gasteiger partial charge in [-0.1, -0.05) is 0 Å². The number of nitrogens with zero attached hydrogens (tertiary/aromatic N) is 4. The van der Waals surface area contributed by atoms with E-state index in [9.17, 15) is 4.79 Å². The van der Waals surface area contributed by atoms with Gasteiger partial charge in [-0.3, -0.25) is 14.4 Å². The first-order valence-electron chi connectivity index (χ1n) is 8.22. The second kappa shape index (κ2) is 7.87. The number of aromatic nitrogens is 3. The largest absolute Gasteiger partial charge is 0.394 e. The van der Waals surface area contributed by atoms with Crippen molar-refractivity contribution in [3.05, 3.63) is 29.0 Å². The molecule has 3 rings (SSSR count). The summed E-state index contributed by atoms with van der Waals surface area (Å²) in [6.07, 6.45) is 3.98. The molecule has 1 aliphatic rings. The smallest absolute Gasteiger partial charge is 0.223 e. The Bertz CT molecular complexity index is 676. The summed E-state index contributed by atoms with van der Waals surface area (Å²) in [4.78, 5) is 17.9. The maximum atomic E-state index is 11.1. The normalized spacial score (nSPS) is 16.4. The summed E-state index contributed by atoms with van der Waals surface area (Å²) in [5, 5.41) is 18.8. The number of rotatable bonds is 6. The van der Waals surface area contributed by atoms with Crippen LogP contribution in [0.3, 0.4) is 0 Å². The van der Waals surface area contributed by atoms with Gasteiger partial charge in [0.2, 0.25) is 5.91 Å². The van der Waals surface area contributed by atoms with E-state index < -0.39 is 0 Å². The summed E-state index contributed by atoms with van der Waals surface area (Å²) >= 11 is 1.47. The lowest BCUT2D eigenvalue weighted by Gasteiger charge is -2.31. The first kappa shape index (κ1) is 17.1. The molecule has 0 aromatic carbocycles. The van der Waals surface area contributed by atoms with Gasteiger partial charge >= 0.3 is 0 Å². The summed E-state index contributed by atoms with van der Waals surface area (Å²) in [6.45, 7) is 5.03. The molecule has 24 heavy (non-hydrogen) atoms. The molecule has 0 saturated carbocycles. The van der Waals surface area contributed by atoms with Gasteiger partial charge in [0, 0.05) is 36.7 Å². The van der Waals surface area contributed by atoms with Gasteiger partial charge in [-0.05, 0) is 32.0 Å². The van der Waals surface area contributed by atoms with Crippen LogP contribution in [0, 0.1) is 0 Å². The van der Waals surface area contributed by atoms with Crippen molar-refractivity contribution < 1.29 is 9.90 Å². The minimum Gasteiger partial charge on any atom is -0.394 e. The Kier molecular flexibility index (Phi) is 5.60. The van der Waals surface area contributed by atoms with Crippen LogP contribution in [-0.2, 0) is 17.9 Å². The SMILES string of the molecule is CC(=O)Nc1nc(CN2CCC(c3ccnn3CCO)CC2)cs1. The van der Waals surface area contributed by atoms with E-state index >= 15 is 0 Å². The molecule has 3 heterocycles. The minimum absolute atomic E-state index is 0.0868. The van der Waals surface area contributed by atoms with Crippen LogP contribution in [-0.4, -0.2) is 50.4 Å². The van der Waals surface area contributed by atoms with Crippen molar-refractivity contribution in [2.45, 2.75) is 38.8 Å². The number of likely N-dealkylation sites (tertiary alicyclic amines) is 1. The maximum absolute atomic E-state index is 11.1. The number of hydrogen-bond acceptors (Lipinski definition) is 6.